The van der Waals surface area contributed by atoms with Gasteiger partial charge in [0, 0.05) is 32.6 Å². The van der Waals surface area contributed by atoms with E-state index in [-0.39, 0.29) is 6.42 Å². The number of aliphatic carboxylic acids is 1. The van der Waals surface area contributed by atoms with E-state index >= 15 is 0 Å². The highest BCUT2D eigenvalue weighted by molar-refractivity contribution is 5.66. The Morgan fingerprint density at radius 2 is 2.21 bits per heavy atom. The van der Waals surface area contributed by atoms with E-state index in [1.165, 1.54) is 0 Å². The van der Waals surface area contributed by atoms with Crippen LogP contribution in [0.4, 0.5) is 11.6 Å². The van der Waals surface area contributed by atoms with Gasteiger partial charge >= 0.3 is 5.97 Å². The molecule has 0 saturated carbocycles. The molecule has 2 N–H and O–H groups in total. The van der Waals surface area contributed by atoms with Gasteiger partial charge in [-0.25, -0.2) is 9.97 Å². The summed E-state index contributed by atoms with van der Waals surface area (Å²) in [5, 5.41) is 11.7. The van der Waals surface area contributed by atoms with Crippen LogP contribution in [0.2, 0.25) is 0 Å². The quantitative estimate of drug-likeness (QED) is 0.841. The van der Waals surface area contributed by atoms with E-state index in [1.54, 1.807) is 6.33 Å². The lowest BCUT2D eigenvalue weighted by atomic mass is 9.92. The molecule has 0 amide bonds. The first kappa shape index (κ1) is 13.6. The Hall–Kier alpha value is -1.85. The zero-order chi connectivity index (χ0) is 13.7. The number of anilines is 2. The molecule has 6 nitrogen and oxygen atoms in total. The Kier molecular flexibility index (Phi) is 4.54. The van der Waals surface area contributed by atoms with Gasteiger partial charge in [0.05, 0.1) is 0 Å². The van der Waals surface area contributed by atoms with Crippen molar-refractivity contribution >= 4 is 17.6 Å². The topological polar surface area (TPSA) is 78.4 Å². The fraction of sp³-hybridized carbons (Fsp3) is 0.615. The SMILES string of the molecule is CNc1cc(N2CCC(CCC(=O)O)CC2)ncn1. The third-order valence-corrected chi connectivity index (χ3v) is 3.61. The Bertz CT molecular complexity index is 430. The van der Waals surface area contributed by atoms with Crippen molar-refractivity contribution in [2.45, 2.75) is 25.7 Å². The maximum Gasteiger partial charge on any atom is 0.303 e. The lowest BCUT2D eigenvalue weighted by Crippen LogP contribution is -2.34. The van der Waals surface area contributed by atoms with Crippen LogP contribution in [0.15, 0.2) is 12.4 Å². The molecule has 6 heteroatoms. The normalized spacial score (nSPS) is 16.4. The predicted molar refractivity (Wildman–Crippen MR) is 73.4 cm³/mol. The summed E-state index contributed by atoms with van der Waals surface area (Å²) < 4.78 is 0. The maximum atomic E-state index is 10.6. The van der Waals surface area contributed by atoms with Crippen LogP contribution in [0.25, 0.3) is 0 Å². The van der Waals surface area contributed by atoms with Crippen molar-refractivity contribution < 1.29 is 9.90 Å². The van der Waals surface area contributed by atoms with E-state index in [1.807, 2.05) is 13.1 Å². The van der Waals surface area contributed by atoms with Crippen molar-refractivity contribution in [3.63, 3.8) is 0 Å². The number of hydrogen-bond acceptors (Lipinski definition) is 5. The molecule has 0 unspecified atom stereocenters. The summed E-state index contributed by atoms with van der Waals surface area (Å²) in [7, 11) is 1.84. The third-order valence-electron chi connectivity index (χ3n) is 3.61. The molecule has 104 valence electrons. The molecule has 19 heavy (non-hydrogen) atoms. The first-order valence-corrected chi connectivity index (χ1v) is 6.65. The Morgan fingerprint density at radius 3 is 2.84 bits per heavy atom. The number of piperidine rings is 1. The zero-order valence-corrected chi connectivity index (χ0v) is 11.2. The maximum absolute atomic E-state index is 10.6. The highest BCUT2D eigenvalue weighted by atomic mass is 16.4. The molecule has 0 aromatic carbocycles. The van der Waals surface area contributed by atoms with Crippen molar-refractivity contribution in [2.24, 2.45) is 5.92 Å². The lowest BCUT2D eigenvalue weighted by Gasteiger charge is -2.32. The monoisotopic (exact) mass is 264 g/mol. The number of nitrogens with one attached hydrogen (secondary N) is 1. The van der Waals surface area contributed by atoms with Gasteiger partial charge in [0.15, 0.2) is 0 Å². The second kappa shape index (κ2) is 6.36. The Morgan fingerprint density at radius 1 is 1.47 bits per heavy atom. The summed E-state index contributed by atoms with van der Waals surface area (Å²) in [5.41, 5.74) is 0. The largest absolute Gasteiger partial charge is 0.481 e. The van der Waals surface area contributed by atoms with Gasteiger partial charge in [0.1, 0.15) is 18.0 Å². The van der Waals surface area contributed by atoms with Gasteiger partial charge in [-0.05, 0) is 25.2 Å². The average molecular weight is 264 g/mol. The molecule has 2 heterocycles. The van der Waals surface area contributed by atoms with Crippen LogP contribution < -0.4 is 10.2 Å². The molecule has 1 aliphatic heterocycles. The summed E-state index contributed by atoms with van der Waals surface area (Å²) in [6.07, 6.45) is 4.70. The fourth-order valence-corrected chi connectivity index (χ4v) is 2.44. The lowest BCUT2D eigenvalue weighted by molar-refractivity contribution is -0.137. The summed E-state index contributed by atoms with van der Waals surface area (Å²) in [6, 6.07) is 1.94. The standard InChI is InChI=1S/C13H20N4O2/c1-14-11-8-12(16-9-15-11)17-6-4-10(5-7-17)2-3-13(18)19/h8-10H,2-7H2,1H3,(H,18,19)(H,14,15,16). The number of nitrogens with zero attached hydrogens (tertiary/aromatic N) is 3. The van der Waals surface area contributed by atoms with Crippen molar-refractivity contribution in [1.82, 2.24) is 9.97 Å². The molecule has 1 aliphatic rings. The molecule has 1 saturated heterocycles. The Balaban J connectivity index is 1.87. The van der Waals surface area contributed by atoms with Crippen LogP contribution in [0.5, 0.6) is 0 Å². The highest BCUT2D eigenvalue weighted by Crippen LogP contribution is 2.25. The minimum absolute atomic E-state index is 0.280. The van der Waals surface area contributed by atoms with Crippen LogP contribution in [0.3, 0.4) is 0 Å². The minimum atomic E-state index is -0.697. The first-order chi connectivity index (χ1) is 9.19. The summed E-state index contributed by atoms with van der Waals surface area (Å²) >= 11 is 0. The summed E-state index contributed by atoms with van der Waals surface area (Å²) in [6.45, 7) is 1.87. The van der Waals surface area contributed by atoms with Crippen LogP contribution in [-0.2, 0) is 4.79 Å². The van der Waals surface area contributed by atoms with E-state index in [0.29, 0.717) is 5.92 Å². The molecule has 0 spiro atoms. The highest BCUT2D eigenvalue weighted by Gasteiger charge is 2.20. The molecule has 1 aromatic heterocycles. The number of rotatable bonds is 5. The van der Waals surface area contributed by atoms with Crippen molar-refractivity contribution in [3.05, 3.63) is 12.4 Å². The molecule has 0 radical (unpaired) electrons. The van der Waals surface area contributed by atoms with Gasteiger partial charge in [-0.2, -0.15) is 0 Å². The van der Waals surface area contributed by atoms with E-state index in [0.717, 1.165) is 44.0 Å². The predicted octanol–water partition coefficient (Wildman–Crippen LogP) is 1.60. The van der Waals surface area contributed by atoms with Crippen molar-refractivity contribution in [1.29, 1.82) is 0 Å². The smallest absolute Gasteiger partial charge is 0.303 e. The molecular formula is C13H20N4O2. The van der Waals surface area contributed by atoms with Gasteiger partial charge in [-0.15, -0.1) is 0 Å². The van der Waals surface area contributed by atoms with E-state index in [2.05, 4.69) is 20.2 Å². The van der Waals surface area contributed by atoms with Gasteiger partial charge in [-0.1, -0.05) is 0 Å². The Labute approximate surface area is 112 Å². The zero-order valence-electron chi connectivity index (χ0n) is 11.2. The number of aromatic nitrogens is 2. The molecule has 0 aliphatic carbocycles. The van der Waals surface area contributed by atoms with E-state index in [9.17, 15) is 4.79 Å². The second-order valence-corrected chi connectivity index (χ2v) is 4.87. The van der Waals surface area contributed by atoms with Crippen molar-refractivity contribution in [2.75, 3.05) is 30.4 Å². The van der Waals surface area contributed by atoms with Gasteiger partial charge < -0.3 is 15.3 Å². The van der Waals surface area contributed by atoms with E-state index < -0.39 is 5.97 Å². The fourth-order valence-electron chi connectivity index (χ4n) is 2.44. The average Bonchev–Trinajstić information content (AvgIpc) is 2.45. The van der Waals surface area contributed by atoms with Crippen LogP contribution >= 0.6 is 0 Å². The minimum Gasteiger partial charge on any atom is -0.481 e. The number of carboxylic acids is 1. The second-order valence-electron chi connectivity index (χ2n) is 4.87. The van der Waals surface area contributed by atoms with Gasteiger partial charge in [-0.3, -0.25) is 4.79 Å². The molecule has 0 atom stereocenters. The van der Waals surface area contributed by atoms with Crippen molar-refractivity contribution in [3.8, 4) is 0 Å². The number of carbonyl (C=O) groups is 1. The molecule has 1 aromatic rings. The molecule has 0 bridgehead atoms. The van der Waals surface area contributed by atoms with Gasteiger partial charge in [0.25, 0.3) is 0 Å². The molecule has 1 fully saturated rings. The van der Waals surface area contributed by atoms with Crippen LogP contribution in [-0.4, -0.2) is 41.2 Å². The summed E-state index contributed by atoms with van der Waals surface area (Å²) in [4.78, 5) is 21.2. The molecular weight excluding hydrogens is 244 g/mol. The van der Waals surface area contributed by atoms with Crippen LogP contribution in [0.1, 0.15) is 25.7 Å². The number of hydrogen-bond donors (Lipinski definition) is 2. The molecule has 2 rings (SSSR count). The van der Waals surface area contributed by atoms with Gasteiger partial charge in [0.2, 0.25) is 0 Å². The summed E-state index contributed by atoms with van der Waals surface area (Å²) in [5.74, 6) is 1.59. The number of carboxylic acid groups (broad SMARTS) is 1. The third kappa shape index (κ3) is 3.81. The van der Waals surface area contributed by atoms with E-state index in [4.69, 9.17) is 5.11 Å². The van der Waals surface area contributed by atoms with Crippen LogP contribution in [0, 0.1) is 5.92 Å². The first-order valence-electron chi connectivity index (χ1n) is 6.65.